The van der Waals surface area contributed by atoms with Gasteiger partial charge in [0.25, 0.3) is 0 Å². The summed E-state index contributed by atoms with van der Waals surface area (Å²) in [5.74, 6) is 0.877. The van der Waals surface area contributed by atoms with Crippen LogP contribution in [0.5, 0.6) is 0 Å². The first kappa shape index (κ1) is 33.4. The molecule has 0 saturated heterocycles. The van der Waals surface area contributed by atoms with Gasteiger partial charge in [-0.15, -0.1) is 22.7 Å². The molecule has 1 aromatic carbocycles. The van der Waals surface area contributed by atoms with Crippen LogP contribution < -0.4 is 5.32 Å². The Bertz CT molecular complexity index is 2010. The molecular formula is C35H39ClN6O4S2. The van der Waals surface area contributed by atoms with Crippen LogP contribution >= 0.6 is 34.3 Å². The summed E-state index contributed by atoms with van der Waals surface area (Å²) in [6.07, 6.45) is 10.5. The summed E-state index contributed by atoms with van der Waals surface area (Å²) in [7, 11) is 6.98. The molecule has 252 valence electrons. The summed E-state index contributed by atoms with van der Waals surface area (Å²) in [6, 6.07) is 4.38. The van der Waals surface area contributed by atoms with Gasteiger partial charge in [-0.1, -0.05) is 17.7 Å². The molecule has 0 spiro atoms. The predicted molar refractivity (Wildman–Crippen MR) is 193 cm³/mol. The van der Waals surface area contributed by atoms with Crippen molar-refractivity contribution < 1.29 is 18.9 Å². The molecule has 0 bridgehead atoms. The number of aryl methyl sites for hydroxylation is 3. The first-order valence-electron chi connectivity index (χ1n) is 16.0. The Morgan fingerprint density at radius 1 is 0.812 bits per heavy atom. The van der Waals surface area contributed by atoms with E-state index in [0.29, 0.717) is 18.4 Å². The van der Waals surface area contributed by atoms with Crippen LogP contribution in [0.3, 0.4) is 0 Å². The number of halogens is 1. The summed E-state index contributed by atoms with van der Waals surface area (Å²) < 4.78 is 22.3. The smallest absolute Gasteiger partial charge is 0.142 e. The van der Waals surface area contributed by atoms with Crippen LogP contribution in [0.15, 0.2) is 29.8 Å². The van der Waals surface area contributed by atoms with E-state index in [-0.39, 0.29) is 11.2 Å². The molecular weight excluding hydrogens is 668 g/mol. The van der Waals surface area contributed by atoms with Gasteiger partial charge in [0.2, 0.25) is 0 Å². The van der Waals surface area contributed by atoms with Gasteiger partial charge in [0.15, 0.2) is 0 Å². The molecule has 0 radical (unpaired) electrons. The van der Waals surface area contributed by atoms with E-state index in [9.17, 15) is 0 Å². The molecule has 5 aromatic rings. The zero-order valence-electron chi connectivity index (χ0n) is 27.8. The molecule has 13 heteroatoms. The highest BCUT2D eigenvalue weighted by Gasteiger charge is 2.38. The fourth-order valence-corrected chi connectivity index (χ4v) is 10.1. The maximum absolute atomic E-state index is 6.20. The van der Waals surface area contributed by atoms with E-state index in [1.54, 1.807) is 57.4 Å². The van der Waals surface area contributed by atoms with Crippen molar-refractivity contribution in [2.24, 2.45) is 4.99 Å². The van der Waals surface area contributed by atoms with Gasteiger partial charge in [-0.3, -0.25) is 4.99 Å². The van der Waals surface area contributed by atoms with Gasteiger partial charge in [-0.05, 0) is 66.5 Å². The molecule has 0 fully saturated rings. The molecule has 2 aliphatic carbocycles. The fourth-order valence-electron chi connectivity index (χ4n) is 7.20. The van der Waals surface area contributed by atoms with Gasteiger partial charge in [-0.25, -0.2) is 19.9 Å². The molecule has 3 aliphatic rings. The van der Waals surface area contributed by atoms with E-state index in [2.05, 4.69) is 49.3 Å². The summed E-state index contributed by atoms with van der Waals surface area (Å²) >= 11 is 9.63. The number of fused-ring (bicyclic) bond motifs is 7. The molecule has 48 heavy (non-hydrogen) atoms. The van der Waals surface area contributed by atoms with Crippen molar-refractivity contribution in [3.05, 3.63) is 67.5 Å². The third-order valence-electron chi connectivity index (χ3n) is 9.83. The van der Waals surface area contributed by atoms with Crippen molar-refractivity contribution in [1.29, 1.82) is 0 Å². The van der Waals surface area contributed by atoms with E-state index in [1.165, 1.54) is 43.9 Å². The minimum Gasteiger partial charge on any atom is -0.382 e. The minimum absolute atomic E-state index is 0.220. The summed E-state index contributed by atoms with van der Waals surface area (Å²) in [5, 5.41) is 6.30. The van der Waals surface area contributed by atoms with E-state index in [4.69, 9.17) is 30.5 Å². The lowest BCUT2D eigenvalue weighted by Crippen LogP contribution is -2.41. The third-order valence-corrected chi connectivity index (χ3v) is 12.4. The molecule has 2 atom stereocenters. The van der Waals surface area contributed by atoms with Crippen LogP contribution in [0.2, 0.25) is 5.15 Å². The summed E-state index contributed by atoms with van der Waals surface area (Å²) in [5.41, 5.74) is 6.89. The number of methoxy groups -OCH3 is 4. The zero-order chi connectivity index (χ0) is 33.5. The number of nitrogens with one attached hydrogen (secondary N) is 1. The number of aliphatic imine (C=N–C) groups is 1. The number of nitrogens with zero attached hydrogens (tertiary/aromatic N) is 5. The van der Waals surface area contributed by atoms with Crippen LogP contribution in [-0.4, -0.2) is 79.0 Å². The average molecular weight is 707 g/mol. The van der Waals surface area contributed by atoms with Crippen molar-refractivity contribution in [3.8, 4) is 0 Å². The number of ether oxygens (including phenoxy) is 4. The Morgan fingerprint density at radius 2 is 1.42 bits per heavy atom. The largest absolute Gasteiger partial charge is 0.382 e. The Hall–Kier alpha value is -3.10. The quantitative estimate of drug-likeness (QED) is 0.170. The zero-order valence-corrected chi connectivity index (χ0v) is 30.2. The van der Waals surface area contributed by atoms with Crippen molar-refractivity contribution in [1.82, 2.24) is 19.9 Å². The fraction of sp³-hybridized carbons (Fsp3) is 0.457. The highest BCUT2D eigenvalue weighted by molar-refractivity contribution is 7.19. The van der Waals surface area contributed by atoms with Gasteiger partial charge < -0.3 is 24.3 Å². The molecule has 1 N–H and O–H groups in total. The highest BCUT2D eigenvalue weighted by atomic mass is 35.5. The van der Waals surface area contributed by atoms with Crippen molar-refractivity contribution in [3.63, 3.8) is 0 Å². The first-order chi connectivity index (χ1) is 23.3. The van der Waals surface area contributed by atoms with Crippen molar-refractivity contribution >= 4 is 72.4 Å². The Morgan fingerprint density at radius 3 is 2.04 bits per heavy atom. The number of benzene rings is 1. The first-order valence-corrected chi connectivity index (χ1v) is 18.0. The topological polar surface area (TPSA) is 113 Å². The molecule has 10 nitrogen and oxygen atoms in total. The summed E-state index contributed by atoms with van der Waals surface area (Å²) in [4.78, 5) is 26.6. The number of aromatic nitrogens is 4. The summed E-state index contributed by atoms with van der Waals surface area (Å²) in [6.45, 7) is 4.11. The lowest BCUT2D eigenvalue weighted by atomic mass is 9.84. The van der Waals surface area contributed by atoms with Gasteiger partial charge in [0.1, 0.15) is 33.3 Å². The maximum atomic E-state index is 6.20. The van der Waals surface area contributed by atoms with Crippen LogP contribution in [0.25, 0.3) is 20.4 Å². The second-order valence-corrected chi connectivity index (χ2v) is 15.2. The molecule has 5 heterocycles. The Balaban J connectivity index is 0.000000166. The average Bonchev–Trinajstić information content (AvgIpc) is 3.80. The SMILES string of the molecule is COCC1(OC)CCc2c(sc3ncnc(Cl)c23)C1.COCC1(OC)CCc2c(sc3ncnc(Nc4cc5c(cc4C)CN=C5)c23)C1. The Labute approximate surface area is 292 Å². The lowest BCUT2D eigenvalue weighted by Gasteiger charge is -2.35. The maximum Gasteiger partial charge on any atom is 0.142 e. The molecule has 0 saturated carbocycles. The van der Waals surface area contributed by atoms with E-state index >= 15 is 0 Å². The molecule has 0 amide bonds. The van der Waals surface area contributed by atoms with E-state index in [1.807, 2.05) is 6.21 Å². The predicted octanol–water partition coefficient (Wildman–Crippen LogP) is 7.06. The van der Waals surface area contributed by atoms with Crippen LogP contribution in [0, 0.1) is 6.92 Å². The van der Waals surface area contributed by atoms with Crippen LogP contribution in [-0.2, 0) is 51.2 Å². The number of rotatable bonds is 8. The van der Waals surface area contributed by atoms with Gasteiger partial charge in [0.05, 0.1) is 41.7 Å². The van der Waals surface area contributed by atoms with Gasteiger partial charge in [-0.2, -0.15) is 0 Å². The third kappa shape index (κ3) is 6.12. The molecule has 8 rings (SSSR count). The van der Waals surface area contributed by atoms with E-state index in [0.717, 1.165) is 77.0 Å². The number of hydrogen-bond donors (Lipinski definition) is 1. The Kier molecular flexibility index (Phi) is 9.51. The second-order valence-electron chi connectivity index (χ2n) is 12.7. The van der Waals surface area contributed by atoms with Gasteiger partial charge in [0, 0.05) is 62.9 Å². The number of thiophene rings is 2. The number of hydrogen-bond acceptors (Lipinski definition) is 12. The van der Waals surface area contributed by atoms with Crippen LogP contribution in [0.1, 0.15) is 50.4 Å². The normalized spacial score (nSPS) is 21.1. The van der Waals surface area contributed by atoms with Crippen molar-refractivity contribution in [2.75, 3.05) is 47.0 Å². The molecule has 1 aliphatic heterocycles. The van der Waals surface area contributed by atoms with E-state index < -0.39 is 0 Å². The van der Waals surface area contributed by atoms with Crippen molar-refractivity contribution in [2.45, 2.75) is 63.2 Å². The van der Waals surface area contributed by atoms with Gasteiger partial charge >= 0.3 is 0 Å². The molecule has 4 aromatic heterocycles. The lowest BCUT2D eigenvalue weighted by molar-refractivity contribution is -0.0715. The van der Waals surface area contributed by atoms with Crippen LogP contribution in [0.4, 0.5) is 11.5 Å². The monoisotopic (exact) mass is 706 g/mol. The second kappa shape index (κ2) is 13.7. The number of anilines is 2. The minimum atomic E-state index is -0.250. The molecule has 2 unspecified atom stereocenters. The standard InChI is InChI=1S/C22H24N4O2S.C13H15ClN2O2S/c1-13-6-14-9-23-10-15(14)7-17(13)26-20-19-16-4-5-22(28-3,11-27-2)8-18(16)29-21(19)25-12-24-20;1-17-6-13(18-2)4-3-8-9(5-13)19-12-10(8)11(14)15-7-16-12/h6-7,10,12H,4-5,8-9,11H2,1-3H3,(H,24,25,26);7H,3-6H2,1-2H3. The highest BCUT2D eigenvalue weighted by Crippen LogP contribution is 2.44.